The smallest absolute Gasteiger partial charge is 0.234 e. The predicted octanol–water partition coefficient (Wildman–Crippen LogP) is -0.605. The van der Waals surface area contributed by atoms with Crippen LogP contribution in [-0.4, -0.2) is 0 Å². The van der Waals surface area contributed by atoms with Gasteiger partial charge >= 0.3 is 18.9 Å². The van der Waals surface area contributed by atoms with Gasteiger partial charge in [-0.1, -0.05) is 5.38 Å². The Balaban J connectivity index is 0.000000810. The molecule has 0 saturated heterocycles. The van der Waals surface area contributed by atoms with Gasteiger partial charge in [0.05, 0.1) is 0 Å². The van der Waals surface area contributed by atoms with Crippen molar-refractivity contribution in [3.8, 4) is 6.07 Å². The van der Waals surface area contributed by atoms with Gasteiger partial charge in [-0.15, -0.1) is 10.9 Å². The molecule has 0 saturated carbocycles. The quantitative estimate of drug-likeness (QED) is 0.401. The summed E-state index contributed by atoms with van der Waals surface area (Å²) in [6.45, 7) is 0. The zero-order valence-electron chi connectivity index (χ0n) is 5.47. The molecular formula is C6H3ClLiNS. The fraction of sp³-hybridized carbons (Fsp3) is 0. The molecule has 0 N–H and O–H groups in total. The molecule has 0 aliphatic carbocycles. The topological polar surface area (TPSA) is 23.8 Å². The number of thiophene rings is 1. The van der Waals surface area contributed by atoms with Crippen LogP contribution in [-0.2, 0) is 0 Å². The maximum Gasteiger partial charge on any atom is 1.00 e. The average Bonchev–Trinajstić information content (AvgIpc) is 2.37. The van der Waals surface area contributed by atoms with Crippen LogP contribution in [0.5, 0.6) is 0 Å². The van der Waals surface area contributed by atoms with Gasteiger partial charge < -0.3 is 0 Å². The maximum absolute atomic E-state index is 8.29. The Bertz CT molecular complexity index is 216. The third-order valence-electron chi connectivity index (χ3n) is 0.873. The van der Waals surface area contributed by atoms with E-state index in [2.05, 4.69) is 0 Å². The average molecular weight is 164 g/mol. The monoisotopic (exact) mass is 163 g/mol. The number of nitriles is 1. The van der Waals surface area contributed by atoms with Crippen molar-refractivity contribution in [2.45, 2.75) is 0 Å². The molecule has 0 atom stereocenters. The van der Waals surface area contributed by atoms with Crippen LogP contribution < -0.4 is 18.9 Å². The van der Waals surface area contributed by atoms with Crippen molar-refractivity contribution in [3.05, 3.63) is 27.8 Å². The van der Waals surface area contributed by atoms with Gasteiger partial charge in [0.25, 0.3) is 0 Å². The van der Waals surface area contributed by atoms with Gasteiger partial charge in [0.15, 0.2) is 0 Å². The van der Waals surface area contributed by atoms with E-state index in [0.29, 0.717) is 0 Å². The standard InChI is InChI=1S/C6H3ClNS.Li/c7-6(3-8)5-1-2-9-4-5;/h1-2,4H;/q-1;+1. The van der Waals surface area contributed by atoms with Crippen LogP contribution in [0.2, 0.25) is 0 Å². The van der Waals surface area contributed by atoms with Crippen LogP contribution in [0, 0.1) is 16.7 Å². The summed E-state index contributed by atoms with van der Waals surface area (Å²) in [5, 5.41) is 12.3. The molecule has 0 amide bonds. The van der Waals surface area contributed by atoms with E-state index in [1.54, 1.807) is 0 Å². The Morgan fingerprint density at radius 2 is 2.40 bits per heavy atom. The molecule has 0 aliphatic heterocycles. The molecule has 0 bridgehead atoms. The van der Waals surface area contributed by atoms with E-state index in [9.17, 15) is 0 Å². The van der Waals surface area contributed by atoms with Crippen molar-refractivity contribution < 1.29 is 18.9 Å². The third-order valence-corrected chi connectivity index (χ3v) is 1.86. The first-order valence-electron chi connectivity index (χ1n) is 2.29. The molecule has 46 valence electrons. The van der Waals surface area contributed by atoms with E-state index in [1.165, 1.54) is 11.3 Å². The van der Waals surface area contributed by atoms with Crippen molar-refractivity contribution in [3.63, 3.8) is 0 Å². The second-order valence-corrected chi connectivity index (χ2v) is 2.60. The molecule has 0 unspecified atom stereocenters. The van der Waals surface area contributed by atoms with Crippen molar-refractivity contribution in [2.75, 3.05) is 0 Å². The van der Waals surface area contributed by atoms with Gasteiger partial charge in [-0.05, 0) is 0 Å². The second-order valence-electron chi connectivity index (χ2n) is 1.44. The van der Waals surface area contributed by atoms with Gasteiger partial charge in [-0.2, -0.15) is 17.7 Å². The molecule has 0 radical (unpaired) electrons. The summed E-state index contributed by atoms with van der Waals surface area (Å²) in [5.74, 6) is 0. The predicted molar refractivity (Wildman–Crippen MR) is 38.1 cm³/mol. The van der Waals surface area contributed by atoms with E-state index in [1.807, 2.05) is 22.9 Å². The molecule has 1 rings (SSSR count). The molecule has 0 aromatic carbocycles. The molecule has 0 fully saturated rings. The van der Waals surface area contributed by atoms with Crippen LogP contribution >= 0.6 is 22.9 Å². The number of rotatable bonds is 1. The van der Waals surface area contributed by atoms with E-state index in [0.717, 1.165) is 5.56 Å². The van der Waals surface area contributed by atoms with Crippen molar-refractivity contribution in [1.29, 1.82) is 5.26 Å². The molecule has 1 aromatic rings. The molecule has 4 heteroatoms. The first kappa shape index (κ1) is 9.95. The summed E-state index contributed by atoms with van der Waals surface area (Å²) in [4.78, 5) is 0. The SMILES string of the molecule is N#C[C-](Cl)c1ccsc1.[Li+]. The Labute approximate surface area is 80.8 Å². The molecule has 1 heterocycles. The Hall–Kier alpha value is -0.0526. The van der Waals surface area contributed by atoms with Gasteiger partial charge in [0, 0.05) is 11.4 Å². The molecular weight excluding hydrogens is 161 g/mol. The Kier molecular flexibility index (Phi) is 4.69. The summed E-state index contributed by atoms with van der Waals surface area (Å²) >= 11 is 7.02. The van der Waals surface area contributed by atoms with E-state index < -0.39 is 0 Å². The summed E-state index contributed by atoms with van der Waals surface area (Å²) in [6.07, 6.45) is 0. The number of nitrogens with zero attached hydrogens (tertiary/aromatic N) is 1. The van der Waals surface area contributed by atoms with E-state index in [4.69, 9.17) is 16.9 Å². The molecule has 1 aromatic heterocycles. The minimum absolute atomic E-state index is 0. The first-order chi connectivity index (χ1) is 4.34. The fourth-order valence-corrected chi connectivity index (χ4v) is 1.28. The number of hydrogen-bond donors (Lipinski definition) is 0. The van der Waals surface area contributed by atoms with Crippen LogP contribution in [0.3, 0.4) is 0 Å². The summed E-state index contributed by atoms with van der Waals surface area (Å²) in [7, 11) is 0. The van der Waals surface area contributed by atoms with Crippen molar-refractivity contribution in [2.24, 2.45) is 0 Å². The van der Waals surface area contributed by atoms with Crippen molar-refractivity contribution in [1.82, 2.24) is 0 Å². The van der Waals surface area contributed by atoms with Crippen LogP contribution in [0.1, 0.15) is 5.56 Å². The normalized spacial score (nSPS) is 7.60. The second kappa shape index (κ2) is 4.72. The summed E-state index contributed by atoms with van der Waals surface area (Å²) < 4.78 is 0. The van der Waals surface area contributed by atoms with Crippen LogP contribution in [0.25, 0.3) is 0 Å². The van der Waals surface area contributed by atoms with Gasteiger partial charge in [0.2, 0.25) is 0 Å². The molecule has 1 nitrogen and oxygen atoms in total. The Morgan fingerprint density at radius 3 is 2.80 bits per heavy atom. The minimum Gasteiger partial charge on any atom is -0.234 e. The van der Waals surface area contributed by atoms with Crippen LogP contribution in [0.4, 0.5) is 0 Å². The summed E-state index contributed by atoms with van der Waals surface area (Å²) in [6, 6.07) is 3.67. The van der Waals surface area contributed by atoms with E-state index >= 15 is 0 Å². The number of hydrogen-bond acceptors (Lipinski definition) is 2. The van der Waals surface area contributed by atoms with Crippen molar-refractivity contribution >= 4 is 22.9 Å². The van der Waals surface area contributed by atoms with E-state index in [-0.39, 0.29) is 24.2 Å². The maximum atomic E-state index is 8.29. The van der Waals surface area contributed by atoms with Gasteiger partial charge in [0.1, 0.15) is 0 Å². The summed E-state index contributed by atoms with van der Waals surface area (Å²) in [5.41, 5.74) is 0.809. The number of halogens is 1. The third kappa shape index (κ3) is 2.29. The molecule has 0 aliphatic rings. The zero-order chi connectivity index (χ0) is 6.69. The van der Waals surface area contributed by atoms with Gasteiger partial charge in [-0.25, -0.2) is 16.6 Å². The zero-order valence-corrected chi connectivity index (χ0v) is 7.04. The first-order valence-corrected chi connectivity index (χ1v) is 3.62. The van der Waals surface area contributed by atoms with Gasteiger partial charge in [-0.3, -0.25) is 0 Å². The molecule has 0 spiro atoms. The van der Waals surface area contributed by atoms with Crippen LogP contribution in [0.15, 0.2) is 16.8 Å². The Morgan fingerprint density at radius 1 is 1.70 bits per heavy atom. The minimum atomic E-state index is 0. The molecule has 10 heavy (non-hydrogen) atoms. The largest absolute Gasteiger partial charge is 1.00 e. The fourth-order valence-electron chi connectivity index (χ4n) is 0.454.